The molecule has 8 heteroatoms. The zero-order valence-electron chi connectivity index (χ0n) is 22.6. The second kappa shape index (κ2) is 9.86. The number of anilines is 1. The summed E-state index contributed by atoms with van der Waals surface area (Å²) in [5, 5.41) is 2.97. The van der Waals surface area contributed by atoms with Crippen molar-refractivity contribution in [3.05, 3.63) is 63.6 Å². The molecule has 2 unspecified atom stereocenters. The van der Waals surface area contributed by atoms with Crippen molar-refractivity contribution in [2.24, 2.45) is 0 Å². The maximum Gasteiger partial charge on any atom is 0.411 e. The predicted molar refractivity (Wildman–Crippen MR) is 148 cm³/mol. The molecule has 2 aromatic rings. The summed E-state index contributed by atoms with van der Waals surface area (Å²) < 4.78 is 12.2. The summed E-state index contributed by atoms with van der Waals surface area (Å²) in [6, 6.07) is 13.7. The van der Waals surface area contributed by atoms with Gasteiger partial charge in [0.25, 0.3) is 0 Å². The Bertz CT molecular complexity index is 1180. The average Bonchev–Trinajstić information content (AvgIpc) is 3.50. The second-order valence-corrected chi connectivity index (χ2v) is 13.1. The summed E-state index contributed by atoms with van der Waals surface area (Å²) in [5.41, 5.74) is 8.92. The fraction of sp³-hybridized carbons (Fsp3) is 0.517. The molecule has 0 aromatic heterocycles. The van der Waals surface area contributed by atoms with E-state index < -0.39 is 23.8 Å². The van der Waals surface area contributed by atoms with Gasteiger partial charge in [0.05, 0.1) is 18.1 Å². The number of hydrogen-bond acceptors (Lipinski definition) is 5. The number of nitrogens with two attached hydrogens (primary N) is 1. The number of nitrogens with zero attached hydrogens (tertiary/aromatic N) is 1. The molecule has 1 heterocycles. The van der Waals surface area contributed by atoms with Gasteiger partial charge in [0, 0.05) is 10.2 Å². The number of nitrogen functional groups attached to an aromatic ring is 1. The van der Waals surface area contributed by atoms with E-state index in [9.17, 15) is 9.59 Å². The van der Waals surface area contributed by atoms with Gasteiger partial charge in [-0.05, 0) is 90.2 Å². The van der Waals surface area contributed by atoms with Gasteiger partial charge in [-0.15, -0.1) is 0 Å². The third-order valence-electron chi connectivity index (χ3n) is 7.01. The number of alkyl carbamates (subject to hydrolysis) is 1. The Balaban J connectivity index is 1.58. The van der Waals surface area contributed by atoms with Gasteiger partial charge in [-0.1, -0.05) is 51.1 Å². The second-order valence-electron chi connectivity index (χ2n) is 12.2. The topological polar surface area (TPSA) is 93.9 Å². The van der Waals surface area contributed by atoms with Gasteiger partial charge in [0.15, 0.2) is 0 Å². The molecule has 3 N–H and O–H groups in total. The van der Waals surface area contributed by atoms with Crippen molar-refractivity contribution < 1.29 is 19.1 Å². The van der Waals surface area contributed by atoms with E-state index in [-0.39, 0.29) is 17.0 Å². The highest BCUT2D eigenvalue weighted by Crippen LogP contribution is 2.53. The zero-order chi connectivity index (χ0) is 27.2. The zero-order valence-corrected chi connectivity index (χ0v) is 24.1. The summed E-state index contributed by atoms with van der Waals surface area (Å²) >= 11 is 3.48. The fourth-order valence-electron chi connectivity index (χ4n) is 4.84. The lowest BCUT2D eigenvalue weighted by Gasteiger charge is -2.29. The number of nitrogens with one attached hydrogen (secondary N) is 1. The summed E-state index contributed by atoms with van der Waals surface area (Å²) in [5.74, 6) is 0. The minimum absolute atomic E-state index is 0.00985. The van der Waals surface area contributed by atoms with Gasteiger partial charge in [0.2, 0.25) is 0 Å². The minimum atomic E-state index is -0.645. The Morgan fingerprint density at radius 2 is 1.89 bits per heavy atom. The van der Waals surface area contributed by atoms with Crippen molar-refractivity contribution in [2.45, 2.75) is 89.5 Å². The molecule has 37 heavy (non-hydrogen) atoms. The number of rotatable bonds is 6. The van der Waals surface area contributed by atoms with E-state index in [1.807, 2.05) is 43.9 Å². The summed E-state index contributed by atoms with van der Waals surface area (Å²) in [6.07, 6.45) is 0.809. The molecule has 1 aliphatic carbocycles. The molecule has 200 valence electrons. The molecule has 2 aromatic carbocycles. The van der Waals surface area contributed by atoms with Gasteiger partial charge in [-0.25, -0.2) is 9.59 Å². The van der Waals surface area contributed by atoms with E-state index in [2.05, 4.69) is 66.3 Å². The normalized spacial score (nSPS) is 19.8. The van der Waals surface area contributed by atoms with Crippen LogP contribution in [0.4, 0.5) is 15.3 Å². The van der Waals surface area contributed by atoms with Crippen molar-refractivity contribution in [3.8, 4) is 0 Å². The number of amides is 2. The van der Waals surface area contributed by atoms with Crippen molar-refractivity contribution in [1.82, 2.24) is 10.2 Å². The highest BCUT2D eigenvalue weighted by molar-refractivity contribution is 9.10. The SMILES string of the molecule is CC(C)(C)OC(=O)NC(Cc1ccc(N)c(Br)c1)C1CN(C2(c3cccc(C(C)(C)C)c3)CC2)C(=O)O1. The molecule has 2 aliphatic rings. The lowest BCUT2D eigenvalue weighted by atomic mass is 9.85. The van der Waals surface area contributed by atoms with Crippen LogP contribution in [0.2, 0.25) is 0 Å². The van der Waals surface area contributed by atoms with Gasteiger partial charge < -0.3 is 20.5 Å². The van der Waals surface area contributed by atoms with Gasteiger partial charge in [-0.3, -0.25) is 4.90 Å². The molecule has 0 spiro atoms. The first-order valence-electron chi connectivity index (χ1n) is 12.8. The molecular weight excluding hydrogens is 534 g/mol. The van der Waals surface area contributed by atoms with Gasteiger partial charge >= 0.3 is 12.2 Å². The van der Waals surface area contributed by atoms with Crippen LogP contribution in [-0.2, 0) is 26.8 Å². The number of benzene rings is 2. The van der Waals surface area contributed by atoms with Crippen LogP contribution >= 0.6 is 15.9 Å². The minimum Gasteiger partial charge on any atom is -0.444 e. The molecule has 2 amide bonds. The van der Waals surface area contributed by atoms with Crippen LogP contribution in [0.5, 0.6) is 0 Å². The Kier molecular flexibility index (Phi) is 7.27. The van der Waals surface area contributed by atoms with Crippen LogP contribution in [-0.4, -0.2) is 41.4 Å². The quantitative estimate of drug-likeness (QED) is 0.398. The smallest absolute Gasteiger partial charge is 0.411 e. The Labute approximate surface area is 228 Å². The van der Waals surface area contributed by atoms with Crippen molar-refractivity contribution >= 4 is 33.8 Å². The van der Waals surface area contributed by atoms with E-state index in [1.54, 1.807) is 0 Å². The number of carbonyl (C=O) groups excluding carboxylic acids is 2. The maximum atomic E-state index is 13.2. The number of carbonyl (C=O) groups is 2. The number of halogens is 1. The lowest BCUT2D eigenvalue weighted by molar-refractivity contribution is 0.0436. The average molecular weight is 573 g/mol. The lowest BCUT2D eigenvalue weighted by Crippen LogP contribution is -2.48. The Morgan fingerprint density at radius 1 is 1.19 bits per heavy atom. The Hall–Kier alpha value is -2.74. The highest BCUT2D eigenvalue weighted by Gasteiger charge is 2.56. The molecule has 2 fully saturated rings. The summed E-state index contributed by atoms with van der Waals surface area (Å²) in [4.78, 5) is 27.8. The standard InChI is InChI=1S/C29H38BrN3O4/c1-27(2,3)19-8-7-9-20(16-19)29(12-13-29)33-17-24(36-26(33)35)23(32-25(34)37-28(4,5)6)15-18-10-11-22(31)21(30)14-18/h7-11,14,16,23-24H,12-13,15,17,31H2,1-6H3,(H,32,34). The van der Waals surface area contributed by atoms with Crippen molar-refractivity contribution in [3.63, 3.8) is 0 Å². The number of cyclic esters (lactones) is 1. The van der Waals surface area contributed by atoms with Crippen LogP contribution < -0.4 is 11.1 Å². The largest absolute Gasteiger partial charge is 0.444 e. The molecule has 4 rings (SSSR count). The monoisotopic (exact) mass is 571 g/mol. The van der Waals surface area contributed by atoms with E-state index in [0.717, 1.165) is 28.4 Å². The fourth-order valence-corrected chi connectivity index (χ4v) is 5.26. The molecular formula is C29H38BrN3O4. The van der Waals surface area contributed by atoms with Crippen LogP contribution in [0.3, 0.4) is 0 Å². The van der Waals surface area contributed by atoms with E-state index >= 15 is 0 Å². The molecule has 1 saturated carbocycles. The molecule has 0 radical (unpaired) electrons. The number of ether oxygens (including phenoxy) is 2. The van der Waals surface area contributed by atoms with E-state index in [1.165, 1.54) is 5.56 Å². The third kappa shape index (κ3) is 6.22. The molecule has 1 aliphatic heterocycles. The highest BCUT2D eigenvalue weighted by atomic mass is 79.9. The first-order valence-corrected chi connectivity index (χ1v) is 13.6. The maximum absolute atomic E-state index is 13.2. The molecule has 0 bridgehead atoms. The van der Waals surface area contributed by atoms with Crippen molar-refractivity contribution in [2.75, 3.05) is 12.3 Å². The van der Waals surface area contributed by atoms with Gasteiger partial charge in [0.1, 0.15) is 11.7 Å². The first-order chi connectivity index (χ1) is 17.2. The van der Waals surface area contributed by atoms with Crippen LogP contribution in [0, 0.1) is 0 Å². The first kappa shape index (κ1) is 27.3. The van der Waals surface area contributed by atoms with E-state index in [4.69, 9.17) is 15.2 Å². The molecule has 2 atom stereocenters. The summed E-state index contributed by atoms with van der Waals surface area (Å²) in [6.45, 7) is 12.4. The van der Waals surface area contributed by atoms with E-state index in [0.29, 0.717) is 18.7 Å². The molecule has 7 nitrogen and oxygen atoms in total. The number of hydrogen-bond donors (Lipinski definition) is 2. The predicted octanol–water partition coefficient (Wildman–Crippen LogP) is 6.27. The van der Waals surface area contributed by atoms with Crippen LogP contribution in [0.1, 0.15) is 71.1 Å². The molecule has 1 saturated heterocycles. The van der Waals surface area contributed by atoms with Crippen LogP contribution in [0.25, 0.3) is 0 Å². The third-order valence-corrected chi connectivity index (χ3v) is 7.70. The van der Waals surface area contributed by atoms with Gasteiger partial charge in [-0.2, -0.15) is 0 Å². The Morgan fingerprint density at radius 3 is 2.49 bits per heavy atom. The van der Waals surface area contributed by atoms with Crippen LogP contribution in [0.15, 0.2) is 46.9 Å². The summed E-state index contributed by atoms with van der Waals surface area (Å²) in [7, 11) is 0. The van der Waals surface area contributed by atoms with Crippen molar-refractivity contribution in [1.29, 1.82) is 0 Å².